The van der Waals surface area contributed by atoms with Crippen molar-refractivity contribution in [3.63, 3.8) is 0 Å². The van der Waals surface area contributed by atoms with Gasteiger partial charge in [-0.3, -0.25) is 4.79 Å². The molecule has 0 aliphatic rings. The molecule has 94 valence electrons. The van der Waals surface area contributed by atoms with Crippen molar-refractivity contribution in [3.8, 4) is 5.75 Å². The van der Waals surface area contributed by atoms with Crippen LogP contribution in [0, 0.1) is 5.92 Å². The van der Waals surface area contributed by atoms with E-state index in [4.69, 9.17) is 4.74 Å². The summed E-state index contributed by atoms with van der Waals surface area (Å²) in [6, 6.07) is 3.00. The molecule has 0 unspecified atom stereocenters. The van der Waals surface area contributed by atoms with Crippen LogP contribution in [-0.4, -0.2) is 12.9 Å². The van der Waals surface area contributed by atoms with Gasteiger partial charge >= 0.3 is 6.18 Å². The molecular weight excluding hydrogens is 233 g/mol. The minimum Gasteiger partial charge on any atom is -0.493 e. The van der Waals surface area contributed by atoms with Crippen LogP contribution in [0.15, 0.2) is 18.2 Å². The highest BCUT2D eigenvalue weighted by atomic mass is 19.4. The molecule has 0 atom stereocenters. The first-order chi connectivity index (χ1) is 7.82. The molecule has 0 spiro atoms. The van der Waals surface area contributed by atoms with E-state index in [9.17, 15) is 18.0 Å². The Morgan fingerprint density at radius 3 is 2.41 bits per heavy atom. The number of alkyl halides is 3. The molecule has 2 nitrogen and oxygen atoms in total. The summed E-state index contributed by atoms with van der Waals surface area (Å²) in [7, 11) is 0. The zero-order valence-corrected chi connectivity index (χ0v) is 9.54. The minimum absolute atomic E-state index is 0.0430. The van der Waals surface area contributed by atoms with Gasteiger partial charge in [-0.05, 0) is 24.1 Å². The molecular formula is C12H13F3O2. The van der Waals surface area contributed by atoms with Crippen molar-refractivity contribution in [2.45, 2.75) is 20.0 Å². The van der Waals surface area contributed by atoms with Gasteiger partial charge in [0.2, 0.25) is 0 Å². The topological polar surface area (TPSA) is 26.3 Å². The zero-order valence-electron chi connectivity index (χ0n) is 9.54. The number of halogens is 3. The quantitative estimate of drug-likeness (QED) is 0.759. The molecule has 1 aromatic carbocycles. The first kappa shape index (κ1) is 13.5. The van der Waals surface area contributed by atoms with Crippen LogP contribution in [0.1, 0.15) is 29.8 Å². The number of hydrogen-bond donors (Lipinski definition) is 0. The molecule has 0 amide bonds. The Hall–Kier alpha value is -1.52. The summed E-state index contributed by atoms with van der Waals surface area (Å²) in [4.78, 5) is 10.6. The maximum Gasteiger partial charge on any atom is 0.416 e. The number of benzene rings is 1. The van der Waals surface area contributed by atoms with Crippen molar-refractivity contribution in [3.05, 3.63) is 29.3 Å². The van der Waals surface area contributed by atoms with Gasteiger partial charge in [0.25, 0.3) is 0 Å². The summed E-state index contributed by atoms with van der Waals surface area (Å²) in [5.74, 6) is 0.264. The molecule has 1 aromatic rings. The molecule has 0 saturated heterocycles. The van der Waals surface area contributed by atoms with Gasteiger partial charge in [-0.2, -0.15) is 13.2 Å². The van der Waals surface area contributed by atoms with Crippen LogP contribution >= 0.6 is 0 Å². The number of ether oxygens (including phenoxy) is 1. The Bertz CT molecular complexity index is 397. The molecule has 0 aliphatic carbocycles. The molecule has 0 heterocycles. The van der Waals surface area contributed by atoms with E-state index < -0.39 is 11.7 Å². The second-order valence-corrected chi connectivity index (χ2v) is 4.11. The number of hydrogen-bond acceptors (Lipinski definition) is 2. The van der Waals surface area contributed by atoms with Gasteiger partial charge < -0.3 is 4.74 Å². The summed E-state index contributed by atoms with van der Waals surface area (Å²) in [6.07, 6.45) is -4.10. The van der Waals surface area contributed by atoms with Crippen molar-refractivity contribution >= 4 is 6.29 Å². The molecule has 0 aromatic heterocycles. The molecule has 0 saturated carbocycles. The molecule has 17 heavy (non-hydrogen) atoms. The molecule has 0 fully saturated rings. The number of aldehydes is 1. The predicted octanol–water partition coefficient (Wildman–Crippen LogP) is 3.55. The van der Waals surface area contributed by atoms with Gasteiger partial charge in [-0.15, -0.1) is 0 Å². The Labute approximate surface area is 97.4 Å². The van der Waals surface area contributed by atoms with E-state index in [-0.39, 0.29) is 17.2 Å². The molecule has 0 bridgehead atoms. The summed E-state index contributed by atoms with van der Waals surface area (Å²) in [5.41, 5.74) is -0.917. The first-order valence-electron chi connectivity index (χ1n) is 5.13. The second-order valence-electron chi connectivity index (χ2n) is 4.11. The van der Waals surface area contributed by atoms with E-state index in [1.54, 1.807) is 0 Å². The lowest BCUT2D eigenvalue weighted by Crippen LogP contribution is -2.09. The van der Waals surface area contributed by atoms with Gasteiger partial charge in [0, 0.05) is 5.56 Å². The molecule has 1 rings (SSSR count). The Kier molecular flexibility index (Phi) is 4.15. The SMILES string of the molecule is CC(C)COc1cc(C=O)cc(C(F)(F)F)c1. The van der Waals surface area contributed by atoms with E-state index >= 15 is 0 Å². The molecule has 5 heteroatoms. The van der Waals surface area contributed by atoms with Crippen LogP contribution in [0.5, 0.6) is 5.75 Å². The lowest BCUT2D eigenvalue weighted by Gasteiger charge is -2.12. The number of carbonyl (C=O) groups is 1. The van der Waals surface area contributed by atoms with Gasteiger partial charge in [0.15, 0.2) is 0 Å². The largest absolute Gasteiger partial charge is 0.493 e. The van der Waals surface area contributed by atoms with Crippen LogP contribution in [0.2, 0.25) is 0 Å². The highest BCUT2D eigenvalue weighted by Gasteiger charge is 2.31. The Morgan fingerprint density at radius 2 is 1.94 bits per heavy atom. The normalized spacial score (nSPS) is 11.6. The van der Waals surface area contributed by atoms with E-state index in [1.165, 1.54) is 6.07 Å². The lowest BCUT2D eigenvalue weighted by atomic mass is 10.1. The van der Waals surface area contributed by atoms with Gasteiger partial charge in [-0.25, -0.2) is 0 Å². The van der Waals surface area contributed by atoms with Crippen LogP contribution < -0.4 is 4.74 Å². The van der Waals surface area contributed by atoms with Crippen LogP contribution in [0.25, 0.3) is 0 Å². The molecule has 0 radical (unpaired) electrons. The fraction of sp³-hybridized carbons (Fsp3) is 0.417. The minimum atomic E-state index is -4.48. The third-order valence-electron chi connectivity index (χ3n) is 1.98. The van der Waals surface area contributed by atoms with E-state index in [0.29, 0.717) is 12.9 Å². The van der Waals surface area contributed by atoms with Crippen molar-refractivity contribution < 1.29 is 22.7 Å². The van der Waals surface area contributed by atoms with E-state index in [1.807, 2.05) is 13.8 Å². The smallest absolute Gasteiger partial charge is 0.416 e. The Balaban J connectivity index is 3.01. The fourth-order valence-electron chi connectivity index (χ4n) is 1.20. The van der Waals surface area contributed by atoms with Crippen molar-refractivity contribution in [2.75, 3.05) is 6.61 Å². The van der Waals surface area contributed by atoms with Crippen LogP contribution in [0.3, 0.4) is 0 Å². The standard InChI is InChI=1S/C12H13F3O2/c1-8(2)7-17-11-4-9(6-16)3-10(5-11)12(13,14)15/h3-6,8H,7H2,1-2H3. The van der Waals surface area contributed by atoms with Crippen LogP contribution in [-0.2, 0) is 6.18 Å². The molecule has 0 N–H and O–H groups in total. The van der Waals surface area contributed by atoms with E-state index in [0.717, 1.165) is 12.1 Å². The van der Waals surface area contributed by atoms with Crippen molar-refractivity contribution in [1.29, 1.82) is 0 Å². The third-order valence-corrected chi connectivity index (χ3v) is 1.98. The van der Waals surface area contributed by atoms with Gasteiger partial charge in [0.1, 0.15) is 12.0 Å². The summed E-state index contributed by atoms with van der Waals surface area (Å²) in [6.45, 7) is 4.07. The summed E-state index contributed by atoms with van der Waals surface area (Å²) < 4.78 is 42.7. The average molecular weight is 246 g/mol. The Morgan fingerprint density at radius 1 is 1.29 bits per heavy atom. The predicted molar refractivity (Wildman–Crippen MR) is 57.2 cm³/mol. The van der Waals surface area contributed by atoms with Crippen molar-refractivity contribution in [2.24, 2.45) is 5.92 Å². The average Bonchev–Trinajstić information content (AvgIpc) is 2.24. The van der Waals surface area contributed by atoms with Crippen LogP contribution in [0.4, 0.5) is 13.2 Å². The summed E-state index contributed by atoms with van der Waals surface area (Å²) in [5, 5.41) is 0. The lowest BCUT2D eigenvalue weighted by molar-refractivity contribution is -0.137. The second kappa shape index (κ2) is 5.21. The fourth-order valence-corrected chi connectivity index (χ4v) is 1.20. The van der Waals surface area contributed by atoms with Crippen molar-refractivity contribution in [1.82, 2.24) is 0 Å². The maximum atomic E-state index is 12.5. The highest BCUT2D eigenvalue weighted by molar-refractivity contribution is 5.76. The monoisotopic (exact) mass is 246 g/mol. The van der Waals surface area contributed by atoms with Gasteiger partial charge in [0.05, 0.1) is 12.2 Å². The zero-order chi connectivity index (χ0) is 13.1. The first-order valence-corrected chi connectivity index (χ1v) is 5.13. The summed E-state index contributed by atoms with van der Waals surface area (Å²) >= 11 is 0. The third kappa shape index (κ3) is 4.09. The molecule has 0 aliphatic heterocycles. The van der Waals surface area contributed by atoms with E-state index in [2.05, 4.69) is 0 Å². The number of rotatable bonds is 4. The maximum absolute atomic E-state index is 12.5. The number of carbonyl (C=O) groups excluding carboxylic acids is 1. The highest BCUT2D eigenvalue weighted by Crippen LogP contribution is 2.32. The van der Waals surface area contributed by atoms with Gasteiger partial charge in [-0.1, -0.05) is 13.8 Å².